The van der Waals surface area contributed by atoms with Gasteiger partial charge in [-0.25, -0.2) is 4.98 Å². The number of nitrogens with zero attached hydrogens (tertiary/aromatic N) is 5. The van der Waals surface area contributed by atoms with Crippen molar-refractivity contribution in [3.8, 4) is 34.4 Å². The summed E-state index contributed by atoms with van der Waals surface area (Å²) in [6.45, 7) is 0. The Morgan fingerprint density at radius 3 is 1.66 bits per heavy atom. The predicted molar refractivity (Wildman–Crippen MR) is 217 cm³/mol. The van der Waals surface area contributed by atoms with Crippen LogP contribution in [0.3, 0.4) is 0 Å². The number of para-hydroxylation sites is 3. The lowest BCUT2D eigenvalue weighted by molar-refractivity contribution is 0.953. The molecule has 0 fully saturated rings. The average molecular weight is 682 g/mol. The smallest absolute Gasteiger partial charge is 0.238 e. The quantitative estimate of drug-likeness (QED) is 0.164. The van der Waals surface area contributed by atoms with Crippen LogP contribution in [0.4, 0.5) is 11.4 Å². The fourth-order valence-corrected chi connectivity index (χ4v) is 7.50. The Bertz CT molecular complexity index is 2930. The molecular weight excluding hydrogens is 651 g/mol. The molecule has 0 unspecified atom stereocenters. The first kappa shape index (κ1) is 30.4. The number of benzene rings is 7. The van der Waals surface area contributed by atoms with Gasteiger partial charge < -0.3 is 15.3 Å². The van der Waals surface area contributed by atoms with Crippen LogP contribution in [-0.2, 0) is 0 Å². The molecule has 0 bridgehead atoms. The van der Waals surface area contributed by atoms with Crippen molar-refractivity contribution in [2.75, 3.05) is 5.32 Å². The van der Waals surface area contributed by atoms with E-state index in [1.54, 1.807) is 0 Å². The third-order valence-corrected chi connectivity index (χ3v) is 9.87. The molecule has 3 aromatic heterocycles. The van der Waals surface area contributed by atoms with Crippen LogP contribution in [0.25, 0.3) is 78.0 Å². The number of hydrogen-bond donors (Lipinski definition) is 2. The Balaban J connectivity index is 1.14. The summed E-state index contributed by atoms with van der Waals surface area (Å²) in [5.74, 6) is 1.78. The highest BCUT2D eigenvalue weighted by molar-refractivity contribution is 6.16. The number of aromatic nitrogens is 5. The first-order valence-electron chi connectivity index (χ1n) is 17.5. The van der Waals surface area contributed by atoms with Gasteiger partial charge in [-0.15, -0.1) is 0 Å². The second-order valence-electron chi connectivity index (χ2n) is 13.0. The van der Waals surface area contributed by atoms with Crippen LogP contribution in [0, 0.1) is 5.41 Å². The SMILES string of the molecule is N=Cc1c(Nc2ccc3c(c2)c2ccccc2n3-c2nc(-c3ccccc3)nc(-c3ccccc3)n2)ccc2c3ccccc3n(-c3ccccc3)c12. The summed E-state index contributed by atoms with van der Waals surface area (Å²) >= 11 is 0. The van der Waals surface area contributed by atoms with Crippen molar-refractivity contribution in [2.24, 2.45) is 0 Å². The van der Waals surface area contributed by atoms with Gasteiger partial charge in [0.15, 0.2) is 11.6 Å². The summed E-state index contributed by atoms with van der Waals surface area (Å²) in [5.41, 5.74) is 9.56. The summed E-state index contributed by atoms with van der Waals surface area (Å²) in [6.07, 6.45) is 1.46. The molecule has 0 radical (unpaired) electrons. The number of rotatable bonds is 7. The van der Waals surface area contributed by atoms with Crippen molar-refractivity contribution in [3.05, 3.63) is 175 Å². The van der Waals surface area contributed by atoms with Gasteiger partial charge in [0.05, 0.1) is 22.1 Å². The van der Waals surface area contributed by atoms with E-state index in [-0.39, 0.29) is 0 Å². The van der Waals surface area contributed by atoms with Crippen LogP contribution in [0.5, 0.6) is 0 Å². The molecule has 0 aliphatic heterocycles. The summed E-state index contributed by atoms with van der Waals surface area (Å²) in [4.78, 5) is 15.0. The van der Waals surface area contributed by atoms with E-state index in [1.807, 2.05) is 72.8 Å². The molecule has 0 spiro atoms. The van der Waals surface area contributed by atoms with Crippen molar-refractivity contribution in [1.82, 2.24) is 24.1 Å². The molecule has 3 heterocycles. The molecular formula is C46H31N7. The zero-order chi connectivity index (χ0) is 35.3. The topological polar surface area (TPSA) is 84.4 Å². The Labute approximate surface area is 305 Å². The van der Waals surface area contributed by atoms with E-state index in [2.05, 4.69) is 112 Å². The van der Waals surface area contributed by atoms with Crippen LogP contribution in [0.2, 0.25) is 0 Å². The second kappa shape index (κ2) is 12.4. The van der Waals surface area contributed by atoms with Gasteiger partial charge in [-0.05, 0) is 48.5 Å². The van der Waals surface area contributed by atoms with Gasteiger partial charge >= 0.3 is 0 Å². The van der Waals surface area contributed by atoms with Gasteiger partial charge in [-0.3, -0.25) is 4.57 Å². The minimum atomic E-state index is 0.551. The fourth-order valence-electron chi connectivity index (χ4n) is 7.50. The lowest BCUT2D eigenvalue weighted by Gasteiger charge is -2.14. The molecule has 7 aromatic carbocycles. The molecule has 0 saturated heterocycles. The third kappa shape index (κ3) is 5.06. The summed E-state index contributed by atoms with van der Waals surface area (Å²) in [5, 5.41) is 16.8. The average Bonchev–Trinajstić information content (AvgIpc) is 3.74. The molecule has 0 aliphatic rings. The third-order valence-electron chi connectivity index (χ3n) is 9.87. The highest BCUT2D eigenvalue weighted by atomic mass is 15.2. The summed E-state index contributed by atoms with van der Waals surface area (Å²) in [6, 6.07) is 57.9. The minimum absolute atomic E-state index is 0.551. The van der Waals surface area contributed by atoms with Gasteiger partial charge in [-0.2, -0.15) is 9.97 Å². The van der Waals surface area contributed by atoms with Crippen molar-refractivity contribution in [2.45, 2.75) is 0 Å². The molecule has 7 nitrogen and oxygen atoms in total. The Hall–Kier alpha value is -7.38. The highest BCUT2D eigenvalue weighted by Crippen LogP contribution is 2.39. The van der Waals surface area contributed by atoms with Gasteiger partial charge in [0.2, 0.25) is 5.95 Å². The minimum Gasteiger partial charge on any atom is -0.355 e. The van der Waals surface area contributed by atoms with E-state index in [4.69, 9.17) is 20.4 Å². The van der Waals surface area contributed by atoms with E-state index in [0.29, 0.717) is 17.6 Å². The molecule has 10 rings (SSSR count). The molecule has 53 heavy (non-hydrogen) atoms. The zero-order valence-electron chi connectivity index (χ0n) is 28.5. The van der Waals surface area contributed by atoms with Gasteiger partial charge in [-0.1, -0.05) is 121 Å². The molecule has 2 N–H and O–H groups in total. The van der Waals surface area contributed by atoms with Crippen molar-refractivity contribution in [1.29, 1.82) is 5.41 Å². The van der Waals surface area contributed by atoms with Crippen molar-refractivity contribution >= 4 is 61.2 Å². The van der Waals surface area contributed by atoms with Crippen LogP contribution < -0.4 is 5.32 Å². The maximum absolute atomic E-state index is 8.66. The van der Waals surface area contributed by atoms with Gasteiger partial charge in [0.25, 0.3) is 0 Å². The van der Waals surface area contributed by atoms with Crippen LogP contribution in [0.15, 0.2) is 170 Å². The fraction of sp³-hybridized carbons (Fsp3) is 0. The van der Waals surface area contributed by atoms with Crippen LogP contribution >= 0.6 is 0 Å². The normalized spacial score (nSPS) is 11.5. The second-order valence-corrected chi connectivity index (χ2v) is 13.0. The lowest BCUT2D eigenvalue weighted by atomic mass is 10.1. The first-order chi connectivity index (χ1) is 26.2. The van der Waals surface area contributed by atoms with E-state index >= 15 is 0 Å². The summed E-state index contributed by atoms with van der Waals surface area (Å²) in [7, 11) is 0. The van der Waals surface area contributed by atoms with E-state index < -0.39 is 0 Å². The van der Waals surface area contributed by atoms with Crippen molar-refractivity contribution in [3.63, 3.8) is 0 Å². The Morgan fingerprint density at radius 2 is 1.02 bits per heavy atom. The monoisotopic (exact) mass is 681 g/mol. The number of fused-ring (bicyclic) bond motifs is 6. The molecule has 0 aliphatic carbocycles. The molecule has 10 aromatic rings. The Morgan fingerprint density at radius 1 is 0.472 bits per heavy atom. The zero-order valence-corrected chi connectivity index (χ0v) is 28.5. The van der Waals surface area contributed by atoms with E-state index in [1.165, 1.54) is 6.21 Å². The maximum atomic E-state index is 8.66. The maximum Gasteiger partial charge on any atom is 0.238 e. The largest absolute Gasteiger partial charge is 0.355 e. The van der Waals surface area contributed by atoms with Gasteiger partial charge in [0.1, 0.15) is 0 Å². The molecule has 0 saturated carbocycles. The molecule has 0 amide bonds. The summed E-state index contributed by atoms with van der Waals surface area (Å²) < 4.78 is 4.39. The Kier molecular flexibility index (Phi) is 7.14. The molecule has 7 heteroatoms. The van der Waals surface area contributed by atoms with Crippen LogP contribution in [0.1, 0.15) is 5.56 Å². The molecule has 0 atom stereocenters. The first-order valence-corrected chi connectivity index (χ1v) is 17.5. The number of hydrogen-bond acceptors (Lipinski definition) is 5. The molecule has 250 valence electrons. The highest BCUT2D eigenvalue weighted by Gasteiger charge is 2.20. The van der Waals surface area contributed by atoms with Crippen molar-refractivity contribution < 1.29 is 0 Å². The van der Waals surface area contributed by atoms with Crippen LogP contribution in [-0.4, -0.2) is 30.3 Å². The number of anilines is 2. The predicted octanol–water partition coefficient (Wildman–Crippen LogP) is 11.1. The number of nitrogens with one attached hydrogen (secondary N) is 2. The van der Waals surface area contributed by atoms with Gasteiger partial charge in [0, 0.05) is 61.5 Å². The lowest BCUT2D eigenvalue weighted by Crippen LogP contribution is -2.06. The van der Waals surface area contributed by atoms with E-state index in [9.17, 15) is 0 Å². The standard InChI is InChI=1S/C46H31N7/c47-29-38-39(26-25-36-34-20-10-12-22-40(34)52(43(36)38)33-18-8-3-9-19-33)48-32-24-27-42-37(28-32)35-21-11-13-23-41(35)53(42)46-50-44(30-14-4-1-5-15-30)49-45(51-46)31-16-6-2-7-17-31/h1-29,47-48H. The van der Waals surface area contributed by atoms with E-state index in [0.717, 1.165) is 77.4 Å².